The van der Waals surface area contributed by atoms with Crippen molar-refractivity contribution in [1.82, 2.24) is 10.2 Å². The summed E-state index contributed by atoms with van der Waals surface area (Å²) in [5.74, 6) is 3.06. The molecule has 0 bridgehead atoms. The van der Waals surface area contributed by atoms with Crippen molar-refractivity contribution in [2.24, 2.45) is 0 Å². The number of urea groups is 1. The predicted octanol–water partition coefficient (Wildman–Crippen LogP) is 1.76. The molecule has 1 aliphatic rings. The summed E-state index contributed by atoms with van der Waals surface area (Å²) in [5, 5.41) is 2.39. The number of carbonyl (C=O) groups is 2. The van der Waals surface area contributed by atoms with Gasteiger partial charge in [-0.15, -0.1) is 5.92 Å². The van der Waals surface area contributed by atoms with E-state index in [-0.39, 0.29) is 12.1 Å². The Labute approximate surface area is 114 Å². The third-order valence-corrected chi connectivity index (χ3v) is 3.16. The molecular formula is C14H12F2N2O2. The lowest BCUT2D eigenvalue weighted by Gasteiger charge is -2.22. The van der Waals surface area contributed by atoms with Gasteiger partial charge >= 0.3 is 6.03 Å². The van der Waals surface area contributed by atoms with Gasteiger partial charge in [-0.3, -0.25) is 9.69 Å². The summed E-state index contributed by atoms with van der Waals surface area (Å²) < 4.78 is 27.1. The predicted molar refractivity (Wildman–Crippen MR) is 67.4 cm³/mol. The summed E-state index contributed by atoms with van der Waals surface area (Å²) in [6.45, 7) is 2.82. The van der Waals surface area contributed by atoms with E-state index in [9.17, 15) is 18.4 Å². The molecular weight excluding hydrogens is 266 g/mol. The van der Waals surface area contributed by atoms with Gasteiger partial charge in [-0.25, -0.2) is 13.6 Å². The smallest absolute Gasteiger partial charge is 0.319 e. The fourth-order valence-corrected chi connectivity index (χ4v) is 2.06. The molecule has 1 N–H and O–H groups in total. The quantitative estimate of drug-likeness (QED) is 0.662. The second-order valence-corrected chi connectivity index (χ2v) is 4.50. The summed E-state index contributed by atoms with van der Waals surface area (Å²) in [5.41, 5.74) is -1.83. The lowest BCUT2D eigenvalue weighted by Crippen LogP contribution is -2.41. The van der Waals surface area contributed by atoms with Crippen molar-refractivity contribution in [3.05, 3.63) is 35.4 Å². The topological polar surface area (TPSA) is 49.4 Å². The monoisotopic (exact) mass is 278 g/mol. The van der Waals surface area contributed by atoms with Crippen LogP contribution in [-0.4, -0.2) is 23.4 Å². The van der Waals surface area contributed by atoms with Crippen LogP contribution < -0.4 is 5.32 Å². The van der Waals surface area contributed by atoms with Gasteiger partial charge < -0.3 is 5.32 Å². The Morgan fingerprint density at radius 1 is 1.35 bits per heavy atom. The molecule has 1 aliphatic heterocycles. The first-order valence-electron chi connectivity index (χ1n) is 5.89. The van der Waals surface area contributed by atoms with E-state index < -0.39 is 29.1 Å². The molecule has 0 aliphatic carbocycles. The average Bonchev–Trinajstić information content (AvgIpc) is 2.62. The number of hydrogen-bond donors (Lipinski definition) is 1. The van der Waals surface area contributed by atoms with Crippen molar-refractivity contribution in [1.29, 1.82) is 0 Å². The van der Waals surface area contributed by atoms with Crippen LogP contribution in [0, 0.1) is 23.5 Å². The Kier molecular flexibility index (Phi) is 3.45. The Bertz CT molecular complexity index is 648. The molecule has 0 spiro atoms. The van der Waals surface area contributed by atoms with Crippen LogP contribution in [-0.2, 0) is 10.3 Å². The molecule has 1 unspecified atom stereocenters. The number of imide groups is 1. The zero-order chi connectivity index (χ0) is 14.9. The number of nitrogens with zero attached hydrogens (tertiary/aromatic N) is 1. The van der Waals surface area contributed by atoms with Crippen LogP contribution in [0.4, 0.5) is 13.6 Å². The molecule has 3 amide bonds. The van der Waals surface area contributed by atoms with Gasteiger partial charge in [0.05, 0.1) is 6.54 Å². The number of rotatable bonds is 2. The lowest BCUT2D eigenvalue weighted by atomic mass is 9.91. The van der Waals surface area contributed by atoms with Crippen LogP contribution >= 0.6 is 0 Å². The van der Waals surface area contributed by atoms with Gasteiger partial charge in [-0.1, -0.05) is 5.92 Å². The Hall–Kier alpha value is -2.42. The fraction of sp³-hybridized carbons (Fsp3) is 0.286. The van der Waals surface area contributed by atoms with E-state index >= 15 is 0 Å². The molecule has 1 aromatic rings. The van der Waals surface area contributed by atoms with Crippen LogP contribution in [0.1, 0.15) is 19.4 Å². The third kappa shape index (κ3) is 2.11. The molecule has 1 atom stereocenters. The van der Waals surface area contributed by atoms with E-state index in [1.807, 2.05) is 0 Å². The summed E-state index contributed by atoms with van der Waals surface area (Å²) in [7, 11) is 0. The molecule has 1 fully saturated rings. The van der Waals surface area contributed by atoms with Crippen molar-refractivity contribution in [2.45, 2.75) is 19.4 Å². The number of benzene rings is 1. The van der Waals surface area contributed by atoms with Crippen molar-refractivity contribution in [3.63, 3.8) is 0 Å². The lowest BCUT2D eigenvalue weighted by molar-refractivity contribution is -0.130. The third-order valence-electron chi connectivity index (χ3n) is 3.16. The van der Waals surface area contributed by atoms with Gasteiger partial charge in [0.25, 0.3) is 5.91 Å². The standard InChI is InChI=1S/C14H12F2N2O2/c1-3-4-7-18-12(19)14(2,17-13(18)20)10-8-9(15)5-6-11(10)16/h5-6,8H,7H2,1-2H3,(H,17,20). The van der Waals surface area contributed by atoms with Crippen LogP contribution in [0.25, 0.3) is 0 Å². The first-order valence-corrected chi connectivity index (χ1v) is 5.89. The van der Waals surface area contributed by atoms with Gasteiger partial charge in [0, 0.05) is 5.56 Å². The molecule has 1 saturated heterocycles. The van der Waals surface area contributed by atoms with E-state index in [0.29, 0.717) is 0 Å². The molecule has 1 heterocycles. The highest BCUT2D eigenvalue weighted by atomic mass is 19.1. The SMILES string of the molecule is CC#CCN1C(=O)NC(C)(c2cc(F)ccc2F)C1=O. The molecule has 0 aromatic heterocycles. The summed E-state index contributed by atoms with van der Waals surface area (Å²) in [6, 6.07) is 2.10. The number of amides is 3. The largest absolute Gasteiger partial charge is 0.326 e. The normalized spacial score (nSPS) is 21.5. The highest BCUT2D eigenvalue weighted by Gasteiger charge is 2.50. The molecule has 104 valence electrons. The van der Waals surface area contributed by atoms with E-state index in [1.54, 1.807) is 6.92 Å². The Morgan fingerprint density at radius 2 is 2.05 bits per heavy atom. The van der Waals surface area contributed by atoms with Gasteiger partial charge in [0.15, 0.2) is 0 Å². The van der Waals surface area contributed by atoms with Crippen LogP contribution in [0.15, 0.2) is 18.2 Å². The maximum absolute atomic E-state index is 13.8. The molecule has 2 rings (SSSR count). The maximum Gasteiger partial charge on any atom is 0.326 e. The summed E-state index contributed by atoms with van der Waals surface area (Å²) >= 11 is 0. The number of nitrogens with one attached hydrogen (secondary N) is 1. The number of hydrogen-bond acceptors (Lipinski definition) is 2. The van der Waals surface area contributed by atoms with Crippen LogP contribution in [0.3, 0.4) is 0 Å². The molecule has 0 saturated carbocycles. The minimum absolute atomic E-state index is 0.0896. The van der Waals surface area contributed by atoms with E-state index in [1.165, 1.54) is 6.92 Å². The highest BCUT2D eigenvalue weighted by Crippen LogP contribution is 2.30. The first kappa shape index (κ1) is 14.0. The first-order chi connectivity index (χ1) is 9.40. The van der Waals surface area contributed by atoms with Gasteiger partial charge in [-0.05, 0) is 32.0 Å². The zero-order valence-corrected chi connectivity index (χ0v) is 11.0. The molecule has 20 heavy (non-hydrogen) atoms. The number of carbonyl (C=O) groups excluding carboxylic acids is 2. The highest BCUT2D eigenvalue weighted by molar-refractivity contribution is 6.07. The second-order valence-electron chi connectivity index (χ2n) is 4.50. The van der Waals surface area contributed by atoms with Crippen molar-refractivity contribution >= 4 is 11.9 Å². The van der Waals surface area contributed by atoms with Gasteiger partial charge in [0.2, 0.25) is 0 Å². The molecule has 6 heteroatoms. The molecule has 0 radical (unpaired) electrons. The Balaban J connectivity index is 2.45. The minimum atomic E-state index is -1.63. The molecule has 1 aromatic carbocycles. The van der Waals surface area contributed by atoms with E-state index in [4.69, 9.17) is 0 Å². The molecule has 4 nitrogen and oxygen atoms in total. The second kappa shape index (κ2) is 4.93. The van der Waals surface area contributed by atoms with Crippen molar-refractivity contribution in [2.75, 3.05) is 6.54 Å². The summed E-state index contributed by atoms with van der Waals surface area (Å²) in [4.78, 5) is 25.0. The van der Waals surface area contributed by atoms with Gasteiger partial charge in [-0.2, -0.15) is 0 Å². The van der Waals surface area contributed by atoms with Crippen LogP contribution in [0.2, 0.25) is 0 Å². The van der Waals surface area contributed by atoms with Gasteiger partial charge in [0.1, 0.15) is 17.2 Å². The van der Waals surface area contributed by atoms with Crippen molar-refractivity contribution < 1.29 is 18.4 Å². The fourth-order valence-electron chi connectivity index (χ4n) is 2.06. The average molecular weight is 278 g/mol. The summed E-state index contributed by atoms with van der Waals surface area (Å²) in [6.07, 6.45) is 0. The Morgan fingerprint density at radius 3 is 2.70 bits per heavy atom. The maximum atomic E-state index is 13.8. The van der Waals surface area contributed by atoms with Crippen molar-refractivity contribution in [3.8, 4) is 11.8 Å². The zero-order valence-electron chi connectivity index (χ0n) is 11.0. The minimum Gasteiger partial charge on any atom is -0.319 e. The van der Waals surface area contributed by atoms with E-state index in [2.05, 4.69) is 17.2 Å². The van der Waals surface area contributed by atoms with Crippen LogP contribution in [0.5, 0.6) is 0 Å². The van der Waals surface area contributed by atoms with E-state index in [0.717, 1.165) is 23.1 Å². The number of halogens is 2.